The number of carbonyl (C=O) groups is 1. The molecule has 1 heterocycles. The van der Waals surface area contributed by atoms with Gasteiger partial charge in [-0.25, -0.2) is 4.79 Å². The molecule has 0 aliphatic carbocycles. The van der Waals surface area contributed by atoms with Gasteiger partial charge >= 0.3 is 5.97 Å². The number of hydrogen-bond donors (Lipinski definition) is 1. The highest BCUT2D eigenvalue weighted by atomic mass is 16.4. The van der Waals surface area contributed by atoms with Crippen LogP contribution in [0.15, 0.2) is 12.3 Å². The first-order valence-corrected chi connectivity index (χ1v) is 4.53. The minimum atomic E-state index is -0.911. The van der Waals surface area contributed by atoms with E-state index in [1.54, 1.807) is 12.3 Å². The Labute approximate surface area is 83.8 Å². The maximum atomic E-state index is 11.0. The Kier molecular flexibility index (Phi) is 2.60. The molecule has 0 bridgehead atoms. The van der Waals surface area contributed by atoms with Gasteiger partial charge in [-0.15, -0.1) is 0 Å². The summed E-state index contributed by atoms with van der Waals surface area (Å²) in [6, 6.07) is 1.66. The number of hydrogen-bond acceptors (Lipinski definition) is 2. The minimum absolute atomic E-state index is 0.235. The van der Waals surface area contributed by atoms with Gasteiger partial charge in [0, 0.05) is 11.6 Å². The predicted octanol–water partition coefficient (Wildman–Crippen LogP) is 2.39. The fourth-order valence-electron chi connectivity index (χ4n) is 1.33. The molecule has 1 aromatic heterocycles. The summed E-state index contributed by atoms with van der Waals surface area (Å²) in [7, 11) is 0. The van der Waals surface area contributed by atoms with Crippen LogP contribution >= 0.6 is 0 Å². The van der Waals surface area contributed by atoms with Gasteiger partial charge < -0.3 is 5.11 Å². The summed E-state index contributed by atoms with van der Waals surface area (Å²) in [5.41, 5.74) is 1.57. The topological polar surface area (TPSA) is 50.2 Å². The van der Waals surface area contributed by atoms with Crippen molar-refractivity contribution in [3.8, 4) is 0 Å². The second-order valence-electron chi connectivity index (χ2n) is 4.46. The fraction of sp³-hybridized carbons (Fsp3) is 0.455. The first-order valence-electron chi connectivity index (χ1n) is 4.53. The molecule has 1 rings (SSSR count). The van der Waals surface area contributed by atoms with E-state index < -0.39 is 5.97 Å². The Morgan fingerprint density at radius 1 is 1.43 bits per heavy atom. The van der Waals surface area contributed by atoms with E-state index in [0.717, 1.165) is 5.56 Å². The minimum Gasteiger partial charge on any atom is -0.478 e. The highest BCUT2D eigenvalue weighted by molar-refractivity contribution is 5.89. The maximum Gasteiger partial charge on any atom is 0.337 e. The first kappa shape index (κ1) is 10.7. The molecule has 1 N–H and O–H groups in total. The molecule has 1 aromatic rings. The number of carboxylic acid groups (broad SMARTS) is 1. The molecule has 0 saturated heterocycles. The van der Waals surface area contributed by atoms with Crippen LogP contribution in [0.25, 0.3) is 0 Å². The van der Waals surface area contributed by atoms with E-state index in [-0.39, 0.29) is 5.41 Å². The van der Waals surface area contributed by atoms with Gasteiger partial charge in [-0.3, -0.25) is 4.98 Å². The first-order chi connectivity index (χ1) is 6.32. The quantitative estimate of drug-likeness (QED) is 0.745. The molecule has 76 valence electrons. The highest BCUT2D eigenvalue weighted by Gasteiger charge is 2.22. The van der Waals surface area contributed by atoms with Gasteiger partial charge in [0.1, 0.15) is 0 Å². The second kappa shape index (κ2) is 3.40. The molecule has 0 atom stereocenters. The Morgan fingerprint density at radius 3 is 2.43 bits per heavy atom. The molecular weight excluding hydrogens is 178 g/mol. The van der Waals surface area contributed by atoms with Crippen molar-refractivity contribution in [1.29, 1.82) is 0 Å². The Hall–Kier alpha value is -1.38. The van der Waals surface area contributed by atoms with Crippen molar-refractivity contribution in [2.24, 2.45) is 0 Å². The largest absolute Gasteiger partial charge is 0.478 e. The van der Waals surface area contributed by atoms with Crippen LogP contribution in [0, 0.1) is 6.92 Å². The SMILES string of the molecule is Cc1cnc(C(C)(C)C)c(C(=O)O)c1. The lowest BCUT2D eigenvalue weighted by atomic mass is 9.88. The van der Waals surface area contributed by atoms with Crippen molar-refractivity contribution >= 4 is 5.97 Å². The van der Waals surface area contributed by atoms with Crippen molar-refractivity contribution in [3.63, 3.8) is 0 Å². The smallest absolute Gasteiger partial charge is 0.337 e. The van der Waals surface area contributed by atoms with Crippen LogP contribution in [0.5, 0.6) is 0 Å². The van der Waals surface area contributed by atoms with E-state index in [1.165, 1.54) is 0 Å². The van der Waals surface area contributed by atoms with Gasteiger partial charge in [0.25, 0.3) is 0 Å². The number of pyridine rings is 1. The normalized spacial score (nSPS) is 11.4. The Bertz CT molecular complexity index is 364. The summed E-state index contributed by atoms with van der Waals surface area (Å²) in [4.78, 5) is 15.2. The van der Waals surface area contributed by atoms with Crippen LogP contribution in [0.3, 0.4) is 0 Å². The molecule has 0 aliphatic rings. The summed E-state index contributed by atoms with van der Waals surface area (Å²) >= 11 is 0. The van der Waals surface area contributed by atoms with Crippen LogP contribution < -0.4 is 0 Å². The summed E-state index contributed by atoms with van der Waals surface area (Å²) in [6.07, 6.45) is 1.70. The molecule has 0 radical (unpaired) electrons. The average molecular weight is 193 g/mol. The molecule has 14 heavy (non-hydrogen) atoms. The molecule has 0 unspecified atom stereocenters. The molecular formula is C11H15NO2. The van der Waals surface area contributed by atoms with Crippen molar-refractivity contribution in [2.45, 2.75) is 33.1 Å². The number of carboxylic acids is 1. The van der Waals surface area contributed by atoms with E-state index in [9.17, 15) is 4.79 Å². The molecule has 0 spiro atoms. The van der Waals surface area contributed by atoms with E-state index >= 15 is 0 Å². The Morgan fingerprint density at radius 2 is 2.00 bits per heavy atom. The Balaban J connectivity index is 3.37. The maximum absolute atomic E-state index is 11.0. The van der Waals surface area contributed by atoms with Gasteiger partial charge in [0.15, 0.2) is 0 Å². The number of aromatic nitrogens is 1. The van der Waals surface area contributed by atoms with E-state index in [1.807, 2.05) is 27.7 Å². The highest BCUT2D eigenvalue weighted by Crippen LogP contribution is 2.24. The zero-order valence-corrected chi connectivity index (χ0v) is 8.96. The molecule has 0 amide bonds. The number of aryl methyl sites for hydroxylation is 1. The van der Waals surface area contributed by atoms with Crippen LogP contribution in [0.4, 0.5) is 0 Å². The number of aromatic carboxylic acids is 1. The van der Waals surface area contributed by atoms with Crippen LogP contribution in [0.2, 0.25) is 0 Å². The average Bonchev–Trinajstić information content (AvgIpc) is 2.01. The standard InChI is InChI=1S/C11H15NO2/c1-7-5-8(10(13)14)9(12-6-7)11(2,3)4/h5-6H,1-4H3,(H,13,14). The lowest BCUT2D eigenvalue weighted by Crippen LogP contribution is -2.19. The number of rotatable bonds is 1. The van der Waals surface area contributed by atoms with Crippen molar-refractivity contribution in [2.75, 3.05) is 0 Å². The molecule has 0 saturated carbocycles. The van der Waals surface area contributed by atoms with Crippen molar-refractivity contribution < 1.29 is 9.90 Å². The zero-order valence-electron chi connectivity index (χ0n) is 8.96. The summed E-state index contributed by atoms with van der Waals surface area (Å²) in [6.45, 7) is 7.71. The molecule has 0 aliphatic heterocycles. The second-order valence-corrected chi connectivity index (χ2v) is 4.46. The zero-order chi connectivity index (χ0) is 10.9. The van der Waals surface area contributed by atoms with Gasteiger partial charge in [0.05, 0.1) is 11.3 Å². The summed E-state index contributed by atoms with van der Waals surface area (Å²) in [5, 5.41) is 9.01. The van der Waals surface area contributed by atoms with E-state index in [2.05, 4.69) is 4.98 Å². The summed E-state index contributed by atoms with van der Waals surface area (Å²) < 4.78 is 0. The number of nitrogens with zero attached hydrogens (tertiary/aromatic N) is 1. The van der Waals surface area contributed by atoms with Crippen LogP contribution in [-0.2, 0) is 5.41 Å². The van der Waals surface area contributed by atoms with Gasteiger partial charge in [-0.05, 0) is 18.6 Å². The molecule has 3 nitrogen and oxygen atoms in total. The van der Waals surface area contributed by atoms with Crippen LogP contribution in [-0.4, -0.2) is 16.1 Å². The van der Waals surface area contributed by atoms with Gasteiger partial charge in [0.2, 0.25) is 0 Å². The lowest BCUT2D eigenvalue weighted by molar-refractivity contribution is 0.0693. The lowest BCUT2D eigenvalue weighted by Gasteiger charge is -2.19. The predicted molar refractivity (Wildman–Crippen MR) is 54.6 cm³/mol. The third-order valence-electron chi connectivity index (χ3n) is 1.97. The molecule has 0 fully saturated rings. The monoisotopic (exact) mass is 193 g/mol. The summed E-state index contributed by atoms with van der Waals surface area (Å²) in [5.74, 6) is -0.911. The molecule has 3 heteroatoms. The fourth-order valence-corrected chi connectivity index (χ4v) is 1.33. The van der Waals surface area contributed by atoms with Gasteiger partial charge in [-0.2, -0.15) is 0 Å². The van der Waals surface area contributed by atoms with Crippen molar-refractivity contribution in [3.05, 3.63) is 29.1 Å². The van der Waals surface area contributed by atoms with Crippen molar-refractivity contribution in [1.82, 2.24) is 4.98 Å². The van der Waals surface area contributed by atoms with Gasteiger partial charge in [-0.1, -0.05) is 20.8 Å². The van der Waals surface area contributed by atoms with E-state index in [4.69, 9.17) is 5.11 Å². The third-order valence-corrected chi connectivity index (χ3v) is 1.97. The molecule has 0 aromatic carbocycles. The van der Waals surface area contributed by atoms with E-state index in [0.29, 0.717) is 11.3 Å². The third kappa shape index (κ3) is 2.10. The van der Waals surface area contributed by atoms with Crippen LogP contribution in [0.1, 0.15) is 42.4 Å².